The molecule has 0 spiro atoms. The van der Waals surface area contributed by atoms with E-state index >= 15 is 0 Å². The number of aliphatic hydroxyl groups is 1. The molecule has 1 amide bonds. The summed E-state index contributed by atoms with van der Waals surface area (Å²) >= 11 is 0. The number of hydrogen-bond donors (Lipinski definition) is 4. The van der Waals surface area contributed by atoms with Gasteiger partial charge in [-0.15, -0.1) is 0 Å². The van der Waals surface area contributed by atoms with E-state index in [0.29, 0.717) is 41.0 Å². The number of rotatable bonds is 3. The number of H-pyrrole nitrogens is 1. The first-order valence-electron chi connectivity index (χ1n) is 9.03. The number of aliphatic hydroxyl groups excluding tert-OH is 1. The lowest BCUT2D eigenvalue weighted by atomic mass is 9.77. The summed E-state index contributed by atoms with van der Waals surface area (Å²) in [7, 11) is 0. The molecule has 1 saturated carbocycles. The molecule has 1 aliphatic heterocycles. The molecule has 0 unspecified atom stereocenters. The number of aryl methyl sites for hydroxylation is 1. The van der Waals surface area contributed by atoms with Crippen LogP contribution in [0.1, 0.15) is 29.0 Å². The predicted octanol–water partition coefficient (Wildman–Crippen LogP) is 1.61. The molecule has 1 aromatic carbocycles. The number of amides is 1. The van der Waals surface area contributed by atoms with Crippen molar-refractivity contribution in [3.63, 3.8) is 0 Å². The Morgan fingerprint density at radius 2 is 1.92 bits per heavy atom. The molecule has 7 heteroatoms. The Morgan fingerprint density at radius 1 is 1.23 bits per heavy atom. The predicted molar refractivity (Wildman–Crippen MR) is 95.1 cm³/mol. The van der Waals surface area contributed by atoms with E-state index in [1.54, 1.807) is 19.1 Å². The van der Waals surface area contributed by atoms with Gasteiger partial charge in [-0.1, -0.05) is 0 Å². The van der Waals surface area contributed by atoms with Gasteiger partial charge in [0.25, 0.3) is 5.91 Å². The summed E-state index contributed by atoms with van der Waals surface area (Å²) < 4.78 is 13.1. The minimum atomic E-state index is -0.532. The summed E-state index contributed by atoms with van der Waals surface area (Å²) in [5, 5.41) is 16.7. The molecule has 6 nitrogen and oxygen atoms in total. The molecule has 4 atom stereocenters. The third-order valence-electron chi connectivity index (χ3n) is 5.58. The normalized spacial score (nSPS) is 28.0. The first-order valence-corrected chi connectivity index (χ1v) is 9.03. The third-order valence-corrected chi connectivity index (χ3v) is 5.58. The highest BCUT2D eigenvalue weighted by Gasteiger charge is 2.39. The standard InChI is InChI=1S/C19H23FN4O2/c1-10-17(24-18(22-10)11-2-4-14(20)5-3-11)19(26)23-15-6-12-8-21-9-13(12)7-16(15)25/h2-5,12-13,15-16,21,25H,6-9H2,1H3,(H,22,24)(H,23,26)/t12-,13+,15-,16-/m0/s1. The van der Waals surface area contributed by atoms with Crippen molar-refractivity contribution in [1.82, 2.24) is 20.6 Å². The molecule has 2 aliphatic rings. The number of hydrogen-bond acceptors (Lipinski definition) is 4. The van der Waals surface area contributed by atoms with Gasteiger partial charge in [-0.05, 0) is 69.0 Å². The smallest absolute Gasteiger partial charge is 0.272 e. The van der Waals surface area contributed by atoms with Crippen LogP contribution in [0, 0.1) is 24.6 Å². The van der Waals surface area contributed by atoms with Crippen molar-refractivity contribution in [3.05, 3.63) is 41.5 Å². The van der Waals surface area contributed by atoms with Gasteiger partial charge in [0, 0.05) is 11.3 Å². The lowest BCUT2D eigenvalue weighted by Gasteiger charge is -2.35. The lowest BCUT2D eigenvalue weighted by molar-refractivity contribution is 0.0460. The minimum absolute atomic E-state index is 0.256. The molecular weight excluding hydrogens is 335 g/mol. The minimum Gasteiger partial charge on any atom is -0.391 e. The van der Waals surface area contributed by atoms with Crippen LogP contribution >= 0.6 is 0 Å². The summed E-state index contributed by atoms with van der Waals surface area (Å²) in [4.78, 5) is 20.2. The molecule has 1 saturated heterocycles. The van der Waals surface area contributed by atoms with Crippen molar-refractivity contribution < 1.29 is 14.3 Å². The van der Waals surface area contributed by atoms with Crippen molar-refractivity contribution in [3.8, 4) is 11.4 Å². The summed E-state index contributed by atoms with van der Waals surface area (Å²) in [6, 6.07) is 5.70. The van der Waals surface area contributed by atoms with E-state index in [1.807, 2.05) is 0 Å². The van der Waals surface area contributed by atoms with Crippen LogP contribution in [-0.2, 0) is 0 Å². The van der Waals surface area contributed by atoms with Crippen LogP contribution < -0.4 is 10.6 Å². The molecule has 2 fully saturated rings. The second-order valence-electron chi connectivity index (χ2n) is 7.36. The van der Waals surface area contributed by atoms with Gasteiger partial charge >= 0.3 is 0 Å². The number of carbonyl (C=O) groups excluding carboxylic acids is 1. The molecule has 26 heavy (non-hydrogen) atoms. The second kappa shape index (κ2) is 6.81. The largest absolute Gasteiger partial charge is 0.391 e. The number of halogens is 1. The fourth-order valence-corrected chi connectivity index (χ4v) is 4.11. The topological polar surface area (TPSA) is 90.0 Å². The number of aromatic nitrogens is 2. The molecule has 1 aromatic heterocycles. The lowest BCUT2D eigenvalue weighted by Crippen LogP contribution is -2.49. The zero-order valence-corrected chi connectivity index (χ0v) is 14.6. The van der Waals surface area contributed by atoms with E-state index in [1.165, 1.54) is 12.1 Å². The van der Waals surface area contributed by atoms with Crippen LogP contribution in [0.4, 0.5) is 4.39 Å². The van der Waals surface area contributed by atoms with Crippen molar-refractivity contribution in [2.24, 2.45) is 11.8 Å². The van der Waals surface area contributed by atoms with Gasteiger partial charge in [-0.3, -0.25) is 4.79 Å². The number of imidazole rings is 1. The maximum atomic E-state index is 13.1. The van der Waals surface area contributed by atoms with Gasteiger partial charge < -0.3 is 20.7 Å². The van der Waals surface area contributed by atoms with Gasteiger partial charge in [0.15, 0.2) is 0 Å². The van der Waals surface area contributed by atoms with Gasteiger partial charge in [-0.2, -0.15) is 0 Å². The molecule has 1 aliphatic carbocycles. The highest BCUT2D eigenvalue weighted by Crippen LogP contribution is 2.33. The van der Waals surface area contributed by atoms with Crippen LogP contribution in [0.3, 0.4) is 0 Å². The average molecular weight is 358 g/mol. The van der Waals surface area contributed by atoms with E-state index in [-0.39, 0.29) is 17.8 Å². The summed E-state index contributed by atoms with van der Waals surface area (Å²) in [5.74, 6) is 0.910. The van der Waals surface area contributed by atoms with Crippen molar-refractivity contribution in [1.29, 1.82) is 0 Å². The van der Waals surface area contributed by atoms with Gasteiger partial charge in [-0.25, -0.2) is 9.37 Å². The zero-order valence-electron chi connectivity index (χ0n) is 14.6. The summed E-state index contributed by atoms with van der Waals surface area (Å²) in [6.45, 7) is 3.67. The van der Waals surface area contributed by atoms with Crippen molar-refractivity contribution >= 4 is 5.91 Å². The average Bonchev–Trinajstić information content (AvgIpc) is 3.22. The fourth-order valence-electron chi connectivity index (χ4n) is 4.11. The van der Waals surface area contributed by atoms with Crippen molar-refractivity contribution in [2.45, 2.75) is 31.9 Å². The molecule has 4 N–H and O–H groups in total. The van der Waals surface area contributed by atoms with E-state index < -0.39 is 6.10 Å². The number of benzene rings is 1. The molecular formula is C19H23FN4O2. The Morgan fingerprint density at radius 3 is 2.65 bits per heavy atom. The number of fused-ring (bicyclic) bond motifs is 1. The third kappa shape index (κ3) is 3.24. The molecule has 2 heterocycles. The van der Waals surface area contributed by atoms with E-state index in [2.05, 4.69) is 20.6 Å². The SMILES string of the molecule is Cc1[nH]c(-c2ccc(F)cc2)nc1C(=O)N[C@H]1C[C@H]2CNC[C@H]2C[C@@H]1O. The first kappa shape index (κ1) is 17.2. The Kier molecular flexibility index (Phi) is 4.50. The van der Waals surface area contributed by atoms with Crippen LogP contribution in [-0.4, -0.2) is 46.2 Å². The maximum absolute atomic E-state index is 13.1. The highest BCUT2D eigenvalue weighted by molar-refractivity contribution is 5.94. The van der Waals surface area contributed by atoms with Crippen LogP contribution in [0.2, 0.25) is 0 Å². The van der Waals surface area contributed by atoms with Crippen LogP contribution in [0.15, 0.2) is 24.3 Å². The van der Waals surface area contributed by atoms with E-state index in [4.69, 9.17) is 0 Å². The van der Waals surface area contributed by atoms with Crippen LogP contribution in [0.5, 0.6) is 0 Å². The number of nitrogens with one attached hydrogen (secondary N) is 3. The van der Waals surface area contributed by atoms with Gasteiger partial charge in [0.1, 0.15) is 17.3 Å². The molecule has 2 aromatic rings. The summed E-state index contributed by atoms with van der Waals surface area (Å²) in [6.07, 6.45) is 0.956. The summed E-state index contributed by atoms with van der Waals surface area (Å²) in [5.41, 5.74) is 1.67. The fraction of sp³-hybridized carbons (Fsp3) is 0.474. The molecule has 0 bridgehead atoms. The number of aromatic amines is 1. The molecule has 4 rings (SSSR count). The molecule has 138 valence electrons. The van der Waals surface area contributed by atoms with Gasteiger partial charge in [0.2, 0.25) is 0 Å². The Labute approximate surface area is 151 Å². The Bertz CT molecular complexity index is 804. The monoisotopic (exact) mass is 358 g/mol. The van der Waals surface area contributed by atoms with Gasteiger partial charge in [0.05, 0.1) is 12.1 Å². The van der Waals surface area contributed by atoms with E-state index in [9.17, 15) is 14.3 Å². The zero-order chi connectivity index (χ0) is 18.3. The van der Waals surface area contributed by atoms with E-state index in [0.717, 1.165) is 19.5 Å². The number of carbonyl (C=O) groups is 1. The Balaban J connectivity index is 1.49. The molecule has 0 radical (unpaired) electrons. The second-order valence-corrected chi connectivity index (χ2v) is 7.36. The Hall–Kier alpha value is -2.25. The maximum Gasteiger partial charge on any atom is 0.272 e. The van der Waals surface area contributed by atoms with Crippen LogP contribution in [0.25, 0.3) is 11.4 Å². The van der Waals surface area contributed by atoms with Crippen molar-refractivity contribution in [2.75, 3.05) is 13.1 Å². The quantitative estimate of drug-likeness (QED) is 0.671. The first-order chi connectivity index (χ1) is 12.5. The highest BCUT2D eigenvalue weighted by atomic mass is 19.1. The number of nitrogens with zero attached hydrogens (tertiary/aromatic N) is 1.